The minimum Gasteiger partial charge on any atom is -0.378 e. The highest BCUT2D eigenvalue weighted by molar-refractivity contribution is 5.79. The number of hydrogen-bond acceptors (Lipinski definition) is 4. The Morgan fingerprint density at radius 1 is 1.07 bits per heavy atom. The quantitative estimate of drug-likeness (QED) is 0.677. The van der Waals surface area contributed by atoms with E-state index < -0.39 is 0 Å². The molecule has 6 heteroatoms. The second-order valence-corrected chi connectivity index (χ2v) is 7.25. The van der Waals surface area contributed by atoms with E-state index in [0.29, 0.717) is 18.5 Å². The maximum absolute atomic E-state index is 12.2. The van der Waals surface area contributed by atoms with E-state index >= 15 is 0 Å². The number of aryl methyl sites for hydroxylation is 1. The second-order valence-electron chi connectivity index (χ2n) is 7.25. The topological polar surface area (TPSA) is 74.4 Å². The van der Waals surface area contributed by atoms with Gasteiger partial charge in [-0.3, -0.25) is 9.59 Å². The first-order valence-corrected chi connectivity index (χ1v) is 9.98. The first-order chi connectivity index (χ1) is 14.2. The fraction of sp³-hybridized carbons (Fsp3) is 0.304. The van der Waals surface area contributed by atoms with Gasteiger partial charge in [0.25, 0.3) is 5.56 Å². The van der Waals surface area contributed by atoms with Crippen molar-refractivity contribution in [1.29, 1.82) is 0 Å². The fourth-order valence-corrected chi connectivity index (χ4v) is 3.56. The summed E-state index contributed by atoms with van der Waals surface area (Å²) < 4.78 is 5.38. The van der Waals surface area contributed by atoms with Gasteiger partial charge in [-0.25, -0.2) is 0 Å². The Morgan fingerprint density at radius 3 is 2.62 bits per heavy atom. The molecule has 2 heterocycles. The number of carbonyl (C=O) groups is 1. The van der Waals surface area contributed by atoms with E-state index in [1.54, 1.807) is 0 Å². The third-order valence-electron chi connectivity index (χ3n) is 5.25. The lowest BCUT2D eigenvalue weighted by atomic mass is 10.1. The largest absolute Gasteiger partial charge is 0.378 e. The minimum atomic E-state index is -0.129. The highest BCUT2D eigenvalue weighted by Gasteiger charge is 2.11. The van der Waals surface area contributed by atoms with Gasteiger partial charge in [-0.2, -0.15) is 0 Å². The van der Waals surface area contributed by atoms with E-state index in [0.717, 1.165) is 42.8 Å². The second kappa shape index (κ2) is 8.92. The molecule has 150 valence electrons. The van der Waals surface area contributed by atoms with Crippen LogP contribution in [-0.2, 0) is 22.5 Å². The lowest BCUT2D eigenvalue weighted by Gasteiger charge is -2.28. The molecule has 1 aliphatic heterocycles. The summed E-state index contributed by atoms with van der Waals surface area (Å²) in [7, 11) is 0. The molecular formula is C23H25N3O3. The van der Waals surface area contributed by atoms with Crippen LogP contribution >= 0.6 is 0 Å². The molecule has 0 radical (unpaired) electrons. The Hall–Kier alpha value is -3.12. The smallest absolute Gasteiger partial charge is 0.251 e. The van der Waals surface area contributed by atoms with Crippen molar-refractivity contribution < 1.29 is 9.53 Å². The number of ether oxygens (including phenoxy) is 1. The summed E-state index contributed by atoms with van der Waals surface area (Å²) in [5, 5.41) is 3.91. The lowest BCUT2D eigenvalue weighted by molar-refractivity contribution is -0.121. The van der Waals surface area contributed by atoms with Crippen LogP contribution in [0.25, 0.3) is 10.9 Å². The van der Waals surface area contributed by atoms with Crippen LogP contribution in [0.1, 0.15) is 17.5 Å². The van der Waals surface area contributed by atoms with Crippen LogP contribution in [0.3, 0.4) is 0 Å². The van der Waals surface area contributed by atoms with Crippen LogP contribution in [0.2, 0.25) is 0 Å². The van der Waals surface area contributed by atoms with Gasteiger partial charge in [0.05, 0.1) is 13.2 Å². The number of morpholine rings is 1. The standard InChI is InChI=1S/C23H25N3O3/c27-22(10-7-19-15-18-3-1-2-4-21(18)25-23(19)28)24-16-17-5-8-20(9-6-17)26-11-13-29-14-12-26/h1-6,8-9,15H,7,10-14,16H2,(H,24,27)(H,25,28). The van der Waals surface area contributed by atoms with Gasteiger partial charge in [0.2, 0.25) is 5.91 Å². The van der Waals surface area contributed by atoms with E-state index in [4.69, 9.17) is 4.74 Å². The molecule has 3 aromatic rings. The van der Waals surface area contributed by atoms with Crippen molar-refractivity contribution in [3.05, 3.63) is 76.1 Å². The number of fused-ring (bicyclic) bond motifs is 1. The van der Waals surface area contributed by atoms with E-state index in [9.17, 15) is 9.59 Å². The molecule has 2 aromatic carbocycles. The molecule has 1 aliphatic rings. The van der Waals surface area contributed by atoms with Gasteiger partial charge in [-0.05, 0) is 41.6 Å². The molecule has 0 unspecified atom stereocenters. The monoisotopic (exact) mass is 391 g/mol. The number of anilines is 1. The van der Waals surface area contributed by atoms with E-state index in [1.165, 1.54) is 5.69 Å². The van der Waals surface area contributed by atoms with Crippen molar-refractivity contribution in [3.63, 3.8) is 0 Å². The number of nitrogens with zero attached hydrogens (tertiary/aromatic N) is 1. The van der Waals surface area contributed by atoms with E-state index in [-0.39, 0.29) is 17.9 Å². The number of benzene rings is 2. The molecule has 6 nitrogen and oxygen atoms in total. The number of rotatable bonds is 6. The van der Waals surface area contributed by atoms with Crippen LogP contribution in [0.5, 0.6) is 0 Å². The number of H-pyrrole nitrogens is 1. The van der Waals surface area contributed by atoms with Crippen molar-refractivity contribution in [2.45, 2.75) is 19.4 Å². The first kappa shape index (κ1) is 19.2. The van der Waals surface area contributed by atoms with Gasteiger partial charge in [-0.1, -0.05) is 30.3 Å². The molecule has 1 aromatic heterocycles. The van der Waals surface area contributed by atoms with Crippen LogP contribution in [0, 0.1) is 0 Å². The summed E-state index contributed by atoms with van der Waals surface area (Å²) >= 11 is 0. The maximum atomic E-state index is 12.2. The number of nitrogens with one attached hydrogen (secondary N) is 2. The zero-order valence-corrected chi connectivity index (χ0v) is 16.3. The summed E-state index contributed by atoms with van der Waals surface area (Å²) in [5.74, 6) is -0.0604. The van der Waals surface area contributed by atoms with Gasteiger partial charge in [0.15, 0.2) is 0 Å². The number of para-hydroxylation sites is 1. The molecule has 0 atom stereocenters. The van der Waals surface area contributed by atoms with Crippen molar-refractivity contribution >= 4 is 22.5 Å². The predicted molar refractivity (Wildman–Crippen MR) is 114 cm³/mol. The number of aromatic nitrogens is 1. The molecule has 0 aliphatic carbocycles. The zero-order valence-electron chi connectivity index (χ0n) is 16.3. The van der Waals surface area contributed by atoms with Gasteiger partial charge in [0.1, 0.15) is 0 Å². The van der Waals surface area contributed by atoms with Crippen LogP contribution in [0.4, 0.5) is 5.69 Å². The average Bonchev–Trinajstić information content (AvgIpc) is 2.77. The Balaban J connectivity index is 1.29. The molecule has 1 saturated heterocycles. The van der Waals surface area contributed by atoms with Gasteiger partial charge >= 0.3 is 0 Å². The molecular weight excluding hydrogens is 366 g/mol. The molecule has 2 N–H and O–H groups in total. The van der Waals surface area contributed by atoms with E-state index in [1.807, 2.05) is 42.5 Å². The Kier molecular flexibility index (Phi) is 5.91. The third kappa shape index (κ3) is 4.84. The molecule has 0 saturated carbocycles. The van der Waals surface area contributed by atoms with Crippen LogP contribution < -0.4 is 15.8 Å². The summed E-state index contributed by atoms with van der Waals surface area (Å²) in [6, 6.07) is 17.8. The first-order valence-electron chi connectivity index (χ1n) is 9.98. The normalized spacial score (nSPS) is 14.1. The Morgan fingerprint density at radius 2 is 1.83 bits per heavy atom. The minimum absolute atomic E-state index is 0.0604. The van der Waals surface area contributed by atoms with Crippen molar-refractivity contribution in [2.75, 3.05) is 31.2 Å². The molecule has 1 fully saturated rings. The average molecular weight is 391 g/mol. The van der Waals surface area contributed by atoms with Crippen LogP contribution in [-0.4, -0.2) is 37.2 Å². The Labute approximate surface area is 169 Å². The zero-order chi connectivity index (χ0) is 20.1. The highest BCUT2D eigenvalue weighted by atomic mass is 16.5. The SMILES string of the molecule is O=C(CCc1cc2ccccc2[nH]c1=O)NCc1ccc(N2CCOCC2)cc1. The Bertz CT molecular complexity index is 1040. The number of amides is 1. The number of aromatic amines is 1. The van der Waals surface area contributed by atoms with Crippen molar-refractivity contribution in [3.8, 4) is 0 Å². The van der Waals surface area contributed by atoms with Gasteiger partial charge in [0, 0.05) is 42.8 Å². The van der Waals surface area contributed by atoms with Crippen molar-refractivity contribution in [2.24, 2.45) is 0 Å². The maximum Gasteiger partial charge on any atom is 0.251 e. The number of carbonyl (C=O) groups excluding carboxylic acids is 1. The fourth-order valence-electron chi connectivity index (χ4n) is 3.56. The molecule has 0 bridgehead atoms. The predicted octanol–water partition coefficient (Wildman–Crippen LogP) is 2.61. The summed E-state index contributed by atoms with van der Waals surface area (Å²) in [6.07, 6.45) is 0.704. The summed E-state index contributed by atoms with van der Waals surface area (Å²) in [4.78, 5) is 29.6. The molecule has 0 spiro atoms. The highest BCUT2D eigenvalue weighted by Crippen LogP contribution is 2.16. The molecule has 29 heavy (non-hydrogen) atoms. The van der Waals surface area contributed by atoms with Crippen molar-refractivity contribution in [1.82, 2.24) is 10.3 Å². The third-order valence-corrected chi connectivity index (χ3v) is 5.25. The number of hydrogen-bond donors (Lipinski definition) is 2. The number of pyridine rings is 1. The lowest BCUT2D eigenvalue weighted by Crippen LogP contribution is -2.36. The van der Waals surface area contributed by atoms with Crippen LogP contribution in [0.15, 0.2) is 59.4 Å². The molecule has 4 rings (SSSR count). The van der Waals surface area contributed by atoms with E-state index in [2.05, 4.69) is 27.3 Å². The summed E-state index contributed by atoms with van der Waals surface area (Å²) in [6.45, 7) is 3.82. The van der Waals surface area contributed by atoms with Gasteiger partial charge in [-0.15, -0.1) is 0 Å². The van der Waals surface area contributed by atoms with Gasteiger partial charge < -0.3 is 19.9 Å². The molecule has 1 amide bonds. The summed E-state index contributed by atoms with van der Waals surface area (Å²) in [5.41, 5.74) is 3.55.